The molecule has 1 aromatic heterocycles. The van der Waals surface area contributed by atoms with Crippen molar-refractivity contribution in [3.05, 3.63) is 64.9 Å². The number of fused-ring (bicyclic) bond motifs is 1. The molecule has 0 spiro atoms. The van der Waals surface area contributed by atoms with Gasteiger partial charge in [-0.1, -0.05) is 49.2 Å². The van der Waals surface area contributed by atoms with E-state index in [-0.39, 0.29) is 11.9 Å². The number of hydrogen-bond acceptors (Lipinski definition) is 3. The second-order valence-corrected chi connectivity index (χ2v) is 7.22. The molecule has 0 unspecified atom stereocenters. The molecule has 28 heavy (non-hydrogen) atoms. The standard InChI is InChI=1S/C22H26ClN3O2/c1-3-7-20(22(27)24-12-13-28-2)26-19-11-5-4-10-18(19)25-21(26)15-16-8-6-9-17(23)14-16/h4-6,8-11,14,20H,3,7,12-13,15H2,1-2H3,(H,24,27)/t20-/m1/s1. The van der Waals surface area contributed by atoms with Crippen LogP contribution in [0, 0.1) is 0 Å². The van der Waals surface area contributed by atoms with Gasteiger partial charge in [0, 0.05) is 25.1 Å². The lowest BCUT2D eigenvalue weighted by atomic mass is 10.1. The Labute approximate surface area is 170 Å². The Bertz CT molecular complexity index is 938. The van der Waals surface area contributed by atoms with Crippen LogP contribution in [-0.4, -0.2) is 35.7 Å². The van der Waals surface area contributed by atoms with Crippen LogP contribution in [-0.2, 0) is 16.0 Å². The van der Waals surface area contributed by atoms with Gasteiger partial charge >= 0.3 is 0 Å². The fraction of sp³-hybridized carbons (Fsp3) is 0.364. The third-order valence-electron chi connectivity index (χ3n) is 4.70. The van der Waals surface area contributed by atoms with Crippen molar-refractivity contribution >= 4 is 28.5 Å². The first-order valence-corrected chi connectivity index (χ1v) is 9.98. The molecule has 2 aromatic carbocycles. The van der Waals surface area contributed by atoms with E-state index in [0.29, 0.717) is 24.6 Å². The zero-order chi connectivity index (χ0) is 19.9. The average molecular weight is 400 g/mol. The quantitative estimate of drug-likeness (QED) is 0.543. The number of nitrogens with zero attached hydrogens (tertiary/aromatic N) is 2. The van der Waals surface area contributed by atoms with Gasteiger partial charge in [0.15, 0.2) is 0 Å². The maximum absolute atomic E-state index is 13.0. The smallest absolute Gasteiger partial charge is 0.243 e. The Hall–Kier alpha value is -2.37. The molecule has 1 atom stereocenters. The summed E-state index contributed by atoms with van der Waals surface area (Å²) < 4.78 is 7.15. The minimum Gasteiger partial charge on any atom is -0.383 e. The van der Waals surface area contributed by atoms with E-state index in [1.165, 1.54) is 0 Å². The lowest BCUT2D eigenvalue weighted by molar-refractivity contribution is -0.124. The van der Waals surface area contributed by atoms with Gasteiger partial charge in [0.25, 0.3) is 0 Å². The van der Waals surface area contributed by atoms with Crippen LogP contribution in [0.25, 0.3) is 11.0 Å². The van der Waals surface area contributed by atoms with Gasteiger partial charge in [0.1, 0.15) is 11.9 Å². The monoisotopic (exact) mass is 399 g/mol. The minimum absolute atomic E-state index is 0.00519. The van der Waals surface area contributed by atoms with Crippen LogP contribution < -0.4 is 5.32 Å². The number of carbonyl (C=O) groups excluding carboxylic acids is 1. The number of methoxy groups -OCH3 is 1. The minimum atomic E-state index is -0.316. The molecule has 0 saturated heterocycles. The van der Waals surface area contributed by atoms with Gasteiger partial charge in [-0.05, 0) is 36.2 Å². The number of rotatable bonds is 9. The maximum atomic E-state index is 13.0. The van der Waals surface area contributed by atoms with Crippen LogP contribution in [0.1, 0.15) is 37.2 Å². The van der Waals surface area contributed by atoms with Crippen molar-refractivity contribution in [2.45, 2.75) is 32.2 Å². The van der Waals surface area contributed by atoms with Crippen LogP contribution >= 0.6 is 11.6 Å². The molecule has 0 aliphatic heterocycles. The molecule has 0 aliphatic rings. The molecular formula is C22H26ClN3O2. The molecule has 148 valence electrons. The highest BCUT2D eigenvalue weighted by molar-refractivity contribution is 6.30. The highest BCUT2D eigenvalue weighted by Crippen LogP contribution is 2.26. The van der Waals surface area contributed by atoms with Gasteiger partial charge < -0.3 is 14.6 Å². The Balaban J connectivity index is 2.01. The molecule has 3 aromatic rings. The summed E-state index contributed by atoms with van der Waals surface area (Å²) in [6.07, 6.45) is 2.24. The lowest BCUT2D eigenvalue weighted by Crippen LogP contribution is -2.35. The summed E-state index contributed by atoms with van der Waals surface area (Å²) in [6, 6.07) is 15.4. The zero-order valence-electron chi connectivity index (χ0n) is 16.3. The summed E-state index contributed by atoms with van der Waals surface area (Å²) in [5.41, 5.74) is 2.93. The fourth-order valence-electron chi connectivity index (χ4n) is 3.44. The van der Waals surface area contributed by atoms with Crippen LogP contribution in [0.2, 0.25) is 5.02 Å². The molecule has 0 aliphatic carbocycles. The van der Waals surface area contributed by atoms with Crippen LogP contribution in [0.4, 0.5) is 0 Å². The number of amides is 1. The zero-order valence-corrected chi connectivity index (χ0v) is 17.1. The fourth-order valence-corrected chi connectivity index (χ4v) is 3.65. The van der Waals surface area contributed by atoms with E-state index in [1.807, 2.05) is 48.5 Å². The first-order chi connectivity index (χ1) is 13.6. The number of carbonyl (C=O) groups is 1. The van der Waals surface area contributed by atoms with Crippen molar-refractivity contribution in [1.82, 2.24) is 14.9 Å². The van der Waals surface area contributed by atoms with E-state index in [1.54, 1.807) is 7.11 Å². The summed E-state index contributed by atoms with van der Waals surface area (Å²) in [4.78, 5) is 17.8. The number of benzene rings is 2. The molecule has 0 radical (unpaired) electrons. The maximum Gasteiger partial charge on any atom is 0.243 e. The molecule has 0 saturated carbocycles. The molecule has 1 N–H and O–H groups in total. The van der Waals surface area contributed by atoms with Crippen molar-refractivity contribution in [1.29, 1.82) is 0 Å². The summed E-state index contributed by atoms with van der Waals surface area (Å²) in [7, 11) is 1.63. The summed E-state index contributed by atoms with van der Waals surface area (Å²) >= 11 is 6.16. The van der Waals surface area contributed by atoms with Gasteiger partial charge in [-0.15, -0.1) is 0 Å². The number of para-hydroxylation sites is 2. The van der Waals surface area contributed by atoms with Crippen molar-refractivity contribution in [2.24, 2.45) is 0 Å². The number of halogens is 1. The van der Waals surface area contributed by atoms with E-state index in [2.05, 4.69) is 16.8 Å². The number of nitrogens with one attached hydrogen (secondary N) is 1. The van der Waals surface area contributed by atoms with Gasteiger partial charge in [0.05, 0.1) is 17.6 Å². The van der Waals surface area contributed by atoms with E-state index >= 15 is 0 Å². The molecule has 5 nitrogen and oxygen atoms in total. The van der Waals surface area contributed by atoms with Crippen LogP contribution in [0.5, 0.6) is 0 Å². The average Bonchev–Trinajstić information content (AvgIpc) is 3.04. The van der Waals surface area contributed by atoms with Gasteiger partial charge in [-0.2, -0.15) is 0 Å². The number of imidazole rings is 1. The molecule has 6 heteroatoms. The molecule has 0 bridgehead atoms. The first kappa shape index (κ1) is 20.4. The van der Waals surface area contributed by atoms with Crippen LogP contribution in [0.15, 0.2) is 48.5 Å². The summed E-state index contributed by atoms with van der Waals surface area (Å²) in [6.45, 7) is 3.07. The van der Waals surface area contributed by atoms with Crippen LogP contribution in [0.3, 0.4) is 0 Å². The molecule has 3 rings (SSSR count). The number of hydrogen-bond donors (Lipinski definition) is 1. The van der Waals surface area contributed by atoms with E-state index in [0.717, 1.165) is 35.3 Å². The van der Waals surface area contributed by atoms with Gasteiger partial charge in [-0.25, -0.2) is 4.98 Å². The highest BCUT2D eigenvalue weighted by atomic mass is 35.5. The SMILES string of the molecule is CCC[C@H](C(=O)NCCOC)n1c(Cc2cccc(Cl)c2)nc2ccccc21. The largest absolute Gasteiger partial charge is 0.383 e. The molecule has 1 amide bonds. The lowest BCUT2D eigenvalue weighted by Gasteiger charge is -2.21. The Morgan fingerprint density at radius 3 is 2.82 bits per heavy atom. The summed E-state index contributed by atoms with van der Waals surface area (Å²) in [5, 5.41) is 3.68. The Morgan fingerprint density at radius 2 is 2.07 bits per heavy atom. The Kier molecular flexibility index (Phi) is 7.06. The van der Waals surface area contributed by atoms with Gasteiger partial charge in [0.2, 0.25) is 5.91 Å². The number of ether oxygens (including phenoxy) is 1. The van der Waals surface area contributed by atoms with E-state index < -0.39 is 0 Å². The predicted octanol–water partition coefficient (Wildman–Crippen LogP) is 4.38. The molecular weight excluding hydrogens is 374 g/mol. The normalized spacial score (nSPS) is 12.2. The second-order valence-electron chi connectivity index (χ2n) is 6.78. The van der Waals surface area contributed by atoms with Gasteiger partial charge in [-0.3, -0.25) is 4.79 Å². The highest BCUT2D eigenvalue weighted by Gasteiger charge is 2.24. The predicted molar refractivity (Wildman–Crippen MR) is 113 cm³/mol. The Morgan fingerprint density at radius 1 is 1.25 bits per heavy atom. The van der Waals surface area contributed by atoms with Crippen molar-refractivity contribution in [3.8, 4) is 0 Å². The second kappa shape index (κ2) is 9.71. The third-order valence-corrected chi connectivity index (χ3v) is 4.94. The van der Waals surface area contributed by atoms with Crippen molar-refractivity contribution in [2.75, 3.05) is 20.3 Å². The van der Waals surface area contributed by atoms with Crippen molar-refractivity contribution < 1.29 is 9.53 Å². The van der Waals surface area contributed by atoms with Crippen molar-refractivity contribution in [3.63, 3.8) is 0 Å². The molecule has 1 heterocycles. The molecule has 0 fully saturated rings. The summed E-state index contributed by atoms with van der Waals surface area (Å²) in [5.74, 6) is 0.859. The van der Waals surface area contributed by atoms with E-state index in [4.69, 9.17) is 21.3 Å². The number of aromatic nitrogens is 2. The third kappa shape index (κ3) is 4.72. The van der Waals surface area contributed by atoms with E-state index in [9.17, 15) is 4.79 Å². The topological polar surface area (TPSA) is 56.1 Å². The first-order valence-electron chi connectivity index (χ1n) is 9.61.